The van der Waals surface area contributed by atoms with E-state index in [1.807, 2.05) is 47.8 Å². The van der Waals surface area contributed by atoms with Crippen LogP contribution in [0.4, 0.5) is 0 Å². The highest BCUT2D eigenvalue weighted by molar-refractivity contribution is 7.10. The Morgan fingerprint density at radius 1 is 1.09 bits per heavy atom. The molecule has 1 fully saturated rings. The number of carbonyl (C=O) groups is 2. The number of benzene rings is 2. The summed E-state index contributed by atoms with van der Waals surface area (Å²) in [4.78, 5) is 37.5. The summed E-state index contributed by atoms with van der Waals surface area (Å²) < 4.78 is 10.9. The molecule has 2 aromatic heterocycles. The van der Waals surface area contributed by atoms with Gasteiger partial charge in [0, 0.05) is 22.4 Å². The van der Waals surface area contributed by atoms with Crippen LogP contribution in [0.3, 0.4) is 0 Å². The first kappa shape index (κ1) is 21.2. The van der Waals surface area contributed by atoms with Crippen LogP contribution in [0.2, 0.25) is 0 Å². The lowest BCUT2D eigenvalue weighted by Gasteiger charge is -2.43. The Morgan fingerprint density at radius 2 is 1.91 bits per heavy atom. The number of alkyl halides is 1. The summed E-state index contributed by atoms with van der Waals surface area (Å²) in [6, 6.07) is 19.3. The molecule has 1 N–H and O–H groups in total. The molecule has 1 aliphatic heterocycles. The van der Waals surface area contributed by atoms with Gasteiger partial charge in [-0.1, -0.05) is 36.4 Å². The van der Waals surface area contributed by atoms with Crippen molar-refractivity contribution in [2.75, 3.05) is 6.61 Å². The molecule has 9 heteroatoms. The maximum Gasteiger partial charge on any atom is 0.336 e. The van der Waals surface area contributed by atoms with Crippen LogP contribution >= 0.6 is 22.9 Å². The highest BCUT2D eigenvalue weighted by Crippen LogP contribution is 2.39. The molecule has 7 nitrogen and oxygen atoms in total. The molecule has 166 valence electrons. The number of hydrazine groups is 1. The van der Waals surface area contributed by atoms with Gasteiger partial charge >= 0.3 is 5.63 Å². The fourth-order valence-corrected chi connectivity index (χ4v) is 4.99. The Bertz CT molecular complexity index is 1390. The standard InChI is InChI=1S/C24H17ClN2O5S/c25-22-23(19-7-4-10-33-19)27(24(22)30)26-20(28)13-31-15-8-9-16-17(14-5-2-1-3-6-14)12-21(29)32-18(16)11-15/h1-12,22-23H,13H2,(H,26,28). The van der Waals surface area contributed by atoms with Crippen molar-refractivity contribution in [3.8, 4) is 16.9 Å². The third-order valence-corrected chi connectivity index (χ3v) is 6.65. The summed E-state index contributed by atoms with van der Waals surface area (Å²) in [5, 5.41) is 3.13. The van der Waals surface area contributed by atoms with E-state index in [1.165, 1.54) is 22.4 Å². The minimum absolute atomic E-state index is 0.331. The summed E-state index contributed by atoms with van der Waals surface area (Å²) in [6.45, 7) is -0.331. The zero-order valence-corrected chi connectivity index (χ0v) is 18.6. The molecule has 2 atom stereocenters. The number of ether oxygens (including phenoxy) is 1. The van der Waals surface area contributed by atoms with Gasteiger partial charge in [-0.2, -0.15) is 0 Å². The number of β-lactam (4-membered cyclic amide) rings is 1. The summed E-state index contributed by atoms with van der Waals surface area (Å²) >= 11 is 7.59. The number of fused-ring (bicyclic) bond motifs is 1. The van der Waals surface area contributed by atoms with Crippen molar-refractivity contribution in [2.45, 2.75) is 11.4 Å². The van der Waals surface area contributed by atoms with Gasteiger partial charge in [-0.3, -0.25) is 15.0 Å². The fourth-order valence-electron chi connectivity index (χ4n) is 3.71. The predicted octanol–water partition coefficient (Wildman–Crippen LogP) is 4.12. The Labute approximate surface area is 197 Å². The van der Waals surface area contributed by atoms with E-state index in [4.69, 9.17) is 20.8 Å². The summed E-state index contributed by atoms with van der Waals surface area (Å²) in [6.07, 6.45) is 0. The fraction of sp³-hybridized carbons (Fsp3) is 0.125. The van der Waals surface area contributed by atoms with Crippen molar-refractivity contribution in [3.63, 3.8) is 0 Å². The van der Waals surface area contributed by atoms with E-state index in [9.17, 15) is 14.4 Å². The third-order valence-electron chi connectivity index (χ3n) is 5.28. The smallest absolute Gasteiger partial charge is 0.336 e. The van der Waals surface area contributed by atoms with Gasteiger partial charge in [0.1, 0.15) is 22.8 Å². The number of hydrogen-bond acceptors (Lipinski definition) is 6. The summed E-state index contributed by atoms with van der Waals surface area (Å²) in [7, 11) is 0. The molecule has 3 heterocycles. The average molecular weight is 481 g/mol. The molecular weight excluding hydrogens is 464 g/mol. The number of amides is 2. The van der Waals surface area contributed by atoms with Gasteiger partial charge in [0.15, 0.2) is 6.61 Å². The number of thiophene rings is 1. The molecular formula is C24H17ClN2O5S. The first-order valence-electron chi connectivity index (χ1n) is 10.1. The van der Waals surface area contributed by atoms with Gasteiger partial charge < -0.3 is 9.15 Å². The molecule has 0 saturated carbocycles. The van der Waals surface area contributed by atoms with Gasteiger partial charge in [0.05, 0.1) is 0 Å². The number of halogens is 1. The van der Waals surface area contributed by atoms with E-state index in [-0.39, 0.29) is 12.5 Å². The van der Waals surface area contributed by atoms with E-state index in [2.05, 4.69) is 5.43 Å². The Balaban J connectivity index is 1.29. The Kier molecular flexibility index (Phi) is 5.62. The van der Waals surface area contributed by atoms with E-state index in [1.54, 1.807) is 18.2 Å². The molecule has 1 aliphatic rings. The van der Waals surface area contributed by atoms with Gasteiger partial charge in [-0.15, -0.1) is 22.9 Å². The number of carbonyl (C=O) groups excluding carboxylic acids is 2. The predicted molar refractivity (Wildman–Crippen MR) is 125 cm³/mol. The molecule has 0 bridgehead atoms. The second-order valence-electron chi connectivity index (χ2n) is 7.40. The number of hydrogen-bond donors (Lipinski definition) is 1. The summed E-state index contributed by atoms with van der Waals surface area (Å²) in [5.41, 5.74) is 4.05. The zero-order chi connectivity index (χ0) is 22.9. The van der Waals surface area contributed by atoms with Crippen molar-refractivity contribution in [3.05, 3.63) is 87.4 Å². The normalized spacial score (nSPS) is 17.6. The molecule has 1 saturated heterocycles. The molecule has 0 spiro atoms. The van der Waals surface area contributed by atoms with Crippen LogP contribution < -0.4 is 15.8 Å². The van der Waals surface area contributed by atoms with Gasteiger partial charge in [-0.05, 0) is 34.7 Å². The van der Waals surface area contributed by atoms with Crippen molar-refractivity contribution in [2.24, 2.45) is 0 Å². The van der Waals surface area contributed by atoms with Crippen LogP contribution in [0.5, 0.6) is 5.75 Å². The third kappa shape index (κ3) is 4.10. The van der Waals surface area contributed by atoms with Crippen LogP contribution in [0.1, 0.15) is 10.9 Å². The van der Waals surface area contributed by atoms with Gasteiger partial charge in [0.25, 0.3) is 11.8 Å². The molecule has 33 heavy (non-hydrogen) atoms. The van der Waals surface area contributed by atoms with Crippen LogP contribution in [0.25, 0.3) is 22.1 Å². The Morgan fingerprint density at radius 3 is 2.67 bits per heavy atom. The number of nitrogens with one attached hydrogen (secondary N) is 1. The van der Waals surface area contributed by atoms with Crippen LogP contribution in [0, 0.1) is 0 Å². The lowest BCUT2D eigenvalue weighted by atomic mass is 10.0. The molecule has 0 radical (unpaired) electrons. The van der Waals surface area contributed by atoms with Crippen LogP contribution in [0.15, 0.2) is 81.3 Å². The lowest BCUT2D eigenvalue weighted by Crippen LogP contribution is -2.63. The van der Waals surface area contributed by atoms with Crippen LogP contribution in [-0.4, -0.2) is 28.8 Å². The summed E-state index contributed by atoms with van der Waals surface area (Å²) in [5.74, 6) is -0.525. The molecule has 4 aromatic rings. The van der Waals surface area contributed by atoms with E-state index in [0.717, 1.165) is 21.4 Å². The first-order valence-corrected chi connectivity index (χ1v) is 11.4. The molecule has 2 unspecified atom stereocenters. The maximum atomic E-state index is 12.4. The zero-order valence-electron chi connectivity index (χ0n) is 17.1. The number of rotatable bonds is 6. The van der Waals surface area contributed by atoms with E-state index >= 15 is 0 Å². The van der Waals surface area contributed by atoms with E-state index < -0.39 is 23.0 Å². The number of nitrogens with zero attached hydrogens (tertiary/aromatic N) is 1. The highest BCUT2D eigenvalue weighted by Gasteiger charge is 2.48. The molecule has 2 amide bonds. The monoisotopic (exact) mass is 480 g/mol. The first-order chi connectivity index (χ1) is 16.0. The Hall–Kier alpha value is -3.62. The maximum absolute atomic E-state index is 12.4. The van der Waals surface area contributed by atoms with Crippen molar-refractivity contribution >= 4 is 45.7 Å². The molecule has 0 aliphatic carbocycles. The van der Waals surface area contributed by atoms with Gasteiger partial charge in [-0.25, -0.2) is 9.80 Å². The average Bonchev–Trinajstić information content (AvgIpc) is 3.36. The van der Waals surface area contributed by atoms with Crippen molar-refractivity contribution in [1.82, 2.24) is 10.4 Å². The van der Waals surface area contributed by atoms with E-state index in [0.29, 0.717) is 11.3 Å². The quantitative estimate of drug-likeness (QED) is 0.255. The van der Waals surface area contributed by atoms with Crippen LogP contribution in [-0.2, 0) is 9.59 Å². The minimum atomic E-state index is -0.716. The second kappa shape index (κ2) is 8.73. The SMILES string of the molecule is O=C(COc1ccc2c(-c3ccccc3)cc(=O)oc2c1)NN1C(=O)C(Cl)C1c1cccs1. The van der Waals surface area contributed by atoms with Crippen molar-refractivity contribution in [1.29, 1.82) is 0 Å². The molecule has 2 aromatic carbocycles. The minimum Gasteiger partial charge on any atom is -0.484 e. The highest BCUT2D eigenvalue weighted by atomic mass is 35.5. The second-order valence-corrected chi connectivity index (χ2v) is 8.85. The van der Waals surface area contributed by atoms with Gasteiger partial charge in [0.2, 0.25) is 0 Å². The topological polar surface area (TPSA) is 88.8 Å². The molecule has 5 rings (SSSR count). The lowest BCUT2D eigenvalue weighted by molar-refractivity contribution is -0.156. The largest absolute Gasteiger partial charge is 0.484 e. The van der Waals surface area contributed by atoms with Crippen molar-refractivity contribution < 1.29 is 18.7 Å².